The molecule has 5 heteroatoms. The Kier molecular flexibility index (Phi) is 1.38. The van der Waals surface area contributed by atoms with E-state index in [4.69, 9.17) is 0 Å². The zero-order chi connectivity index (χ0) is 8.77. The summed E-state index contributed by atoms with van der Waals surface area (Å²) in [5.41, 5.74) is -0.781. The molecule has 0 aromatic rings. The van der Waals surface area contributed by atoms with E-state index in [0.29, 0.717) is 13.0 Å². The Morgan fingerprint density at radius 2 is 2.50 bits per heavy atom. The minimum Gasteiger partial charge on any atom is -0.467 e. The summed E-state index contributed by atoms with van der Waals surface area (Å²) in [6.07, 6.45) is 0.512. The maximum absolute atomic E-state index is 11.3. The average Bonchev–Trinajstić information content (AvgIpc) is 2.60. The maximum Gasteiger partial charge on any atom is 0.332 e. The van der Waals surface area contributed by atoms with E-state index in [-0.39, 0.29) is 17.9 Å². The van der Waals surface area contributed by atoms with Gasteiger partial charge in [0.2, 0.25) is 5.91 Å². The second-order valence-electron chi connectivity index (χ2n) is 3.20. The van der Waals surface area contributed by atoms with Crippen LogP contribution in [-0.4, -0.2) is 37.1 Å². The molecule has 2 rings (SSSR count). The van der Waals surface area contributed by atoms with Crippen LogP contribution in [0.2, 0.25) is 0 Å². The van der Waals surface area contributed by atoms with E-state index in [1.54, 1.807) is 0 Å². The normalized spacial score (nSPS) is 38.1. The molecule has 0 aliphatic carbocycles. The highest BCUT2D eigenvalue weighted by Crippen LogP contribution is 2.27. The van der Waals surface area contributed by atoms with Gasteiger partial charge < -0.3 is 15.4 Å². The number of fused-ring (bicyclic) bond motifs is 2. The molecule has 0 radical (unpaired) electrons. The molecule has 2 aliphatic heterocycles. The van der Waals surface area contributed by atoms with E-state index in [2.05, 4.69) is 15.4 Å². The molecule has 0 saturated carbocycles. The van der Waals surface area contributed by atoms with Gasteiger partial charge >= 0.3 is 5.97 Å². The molecular weight excluding hydrogens is 160 g/mol. The molecule has 66 valence electrons. The summed E-state index contributed by atoms with van der Waals surface area (Å²) in [7, 11) is 1.33. The van der Waals surface area contributed by atoms with Crippen LogP contribution in [0, 0.1) is 0 Å². The van der Waals surface area contributed by atoms with Crippen LogP contribution in [0.3, 0.4) is 0 Å². The van der Waals surface area contributed by atoms with Crippen molar-refractivity contribution in [2.75, 3.05) is 13.7 Å². The molecule has 2 N–H and O–H groups in total. The van der Waals surface area contributed by atoms with Crippen molar-refractivity contribution >= 4 is 11.9 Å². The van der Waals surface area contributed by atoms with Gasteiger partial charge in [-0.1, -0.05) is 0 Å². The largest absolute Gasteiger partial charge is 0.467 e. The van der Waals surface area contributed by atoms with Crippen LogP contribution in [0.15, 0.2) is 0 Å². The zero-order valence-electron chi connectivity index (χ0n) is 6.72. The number of carbonyl (C=O) groups excluding carboxylic acids is 2. The Labute approximate surface area is 69.5 Å². The van der Waals surface area contributed by atoms with E-state index >= 15 is 0 Å². The lowest BCUT2D eigenvalue weighted by Crippen LogP contribution is -2.57. The van der Waals surface area contributed by atoms with Gasteiger partial charge in [0.25, 0.3) is 0 Å². The van der Waals surface area contributed by atoms with E-state index in [0.717, 1.165) is 0 Å². The molecule has 12 heavy (non-hydrogen) atoms. The molecular formula is C7H10N2O3. The van der Waals surface area contributed by atoms with Crippen LogP contribution in [-0.2, 0) is 14.3 Å². The van der Waals surface area contributed by atoms with Gasteiger partial charge in [-0.25, -0.2) is 4.79 Å². The highest BCUT2D eigenvalue weighted by molar-refractivity contribution is 5.96. The first-order valence-corrected chi connectivity index (χ1v) is 3.82. The van der Waals surface area contributed by atoms with Crippen LogP contribution >= 0.6 is 0 Å². The van der Waals surface area contributed by atoms with E-state index in [9.17, 15) is 9.59 Å². The molecule has 2 aliphatic rings. The van der Waals surface area contributed by atoms with Crippen molar-refractivity contribution in [1.29, 1.82) is 0 Å². The second kappa shape index (κ2) is 2.20. The van der Waals surface area contributed by atoms with Crippen molar-refractivity contribution in [2.45, 2.75) is 18.0 Å². The Morgan fingerprint density at radius 1 is 1.75 bits per heavy atom. The number of piperazine rings is 1. The third kappa shape index (κ3) is 0.768. The topological polar surface area (TPSA) is 67.4 Å². The van der Waals surface area contributed by atoms with Gasteiger partial charge in [-0.2, -0.15) is 0 Å². The van der Waals surface area contributed by atoms with Crippen molar-refractivity contribution in [2.24, 2.45) is 0 Å². The number of carbonyl (C=O) groups is 2. The molecule has 1 amide bonds. The van der Waals surface area contributed by atoms with Crippen LogP contribution in [0.1, 0.15) is 6.42 Å². The first-order chi connectivity index (χ1) is 5.68. The summed E-state index contributed by atoms with van der Waals surface area (Å²) in [4.78, 5) is 22.3. The Balaban J connectivity index is 2.23. The third-order valence-electron chi connectivity index (χ3n) is 2.46. The molecule has 0 aromatic carbocycles. The van der Waals surface area contributed by atoms with Crippen LogP contribution in [0.5, 0.6) is 0 Å². The summed E-state index contributed by atoms with van der Waals surface area (Å²) in [6, 6.07) is -0.205. The number of esters is 1. The van der Waals surface area contributed by atoms with Crippen molar-refractivity contribution in [3.63, 3.8) is 0 Å². The SMILES string of the molecule is COC(=O)C12CNC(C1)C(=O)N2. The quantitative estimate of drug-likeness (QED) is 0.465. The van der Waals surface area contributed by atoms with Gasteiger partial charge in [-0.05, 0) is 0 Å². The lowest BCUT2D eigenvalue weighted by Gasteiger charge is -2.23. The minimum absolute atomic E-state index is 0.105. The van der Waals surface area contributed by atoms with Gasteiger partial charge in [0, 0.05) is 13.0 Å². The minimum atomic E-state index is -0.781. The first-order valence-electron chi connectivity index (χ1n) is 3.82. The van der Waals surface area contributed by atoms with Gasteiger partial charge in [-0.15, -0.1) is 0 Å². The summed E-state index contributed by atoms with van der Waals surface area (Å²) in [6.45, 7) is 0.482. The highest BCUT2D eigenvalue weighted by atomic mass is 16.5. The number of ether oxygens (including phenoxy) is 1. The van der Waals surface area contributed by atoms with Gasteiger partial charge in [0.05, 0.1) is 13.2 Å². The predicted octanol–water partition coefficient (Wildman–Crippen LogP) is -1.61. The number of hydrogen-bond donors (Lipinski definition) is 2. The molecule has 2 atom stereocenters. The molecule has 2 saturated heterocycles. The number of rotatable bonds is 1. The standard InChI is InChI=1S/C7H10N2O3/c1-12-6(11)7-2-4(8-3-7)5(10)9-7/h4,8H,2-3H2,1H3,(H,9,10). The lowest BCUT2D eigenvalue weighted by atomic mass is 10.0. The lowest BCUT2D eigenvalue weighted by molar-refractivity contribution is -0.148. The van der Waals surface area contributed by atoms with Crippen molar-refractivity contribution in [3.05, 3.63) is 0 Å². The van der Waals surface area contributed by atoms with E-state index in [1.165, 1.54) is 7.11 Å². The smallest absolute Gasteiger partial charge is 0.332 e. The van der Waals surface area contributed by atoms with Gasteiger partial charge in [0.1, 0.15) is 0 Å². The Bertz CT molecular complexity index is 253. The van der Waals surface area contributed by atoms with Crippen molar-refractivity contribution in [3.8, 4) is 0 Å². The highest BCUT2D eigenvalue weighted by Gasteiger charge is 2.55. The number of amides is 1. The van der Waals surface area contributed by atoms with Crippen LogP contribution < -0.4 is 10.6 Å². The fourth-order valence-electron chi connectivity index (χ4n) is 1.80. The number of hydrogen-bond acceptors (Lipinski definition) is 4. The predicted molar refractivity (Wildman–Crippen MR) is 39.3 cm³/mol. The summed E-state index contributed by atoms with van der Waals surface area (Å²) >= 11 is 0. The molecule has 2 heterocycles. The van der Waals surface area contributed by atoms with Gasteiger partial charge in [0.15, 0.2) is 5.54 Å². The fraction of sp³-hybridized carbons (Fsp3) is 0.714. The summed E-state index contributed by atoms with van der Waals surface area (Å²) in [5, 5.41) is 5.59. The molecule has 2 unspecified atom stereocenters. The number of nitrogens with one attached hydrogen (secondary N) is 2. The van der Waals surface area contributed by atoms with Crippen LogP contribution in [0.4, 0.5) is 0 Å². The Morgan fingerprint density at radius 3 is 2.92 bits per heavy atom. The van der Waals surface area contributed by atoms with Crippen molar-refractivity contribution < 1.29 is 14.3 Å². The summed E-state index contributed by atoms with van der Waals surface area (Å²) in [5.74, 6) is -0.463. The molecule has 2 fully saturated rings. The van der Waals surface area contributed by atoms with Crippen molar-refractivity contribution in [1.82, 2.24) is 10.6 Å². The maximum atomic E-state index is 11.3. The molecule has 0 spiro atoms. The fourth-order valence-corrected chi connectivity index (χ4v) is 1.80. The van der Waals surface area contributed by atoms with Gasteiger partial charge in [-0.3, -0.25) is 4.79 Å². The second-order valence-corrected chi connectivity index (χ2v) is 3.20. The molecule has 0 aromatic heterocycles. The first kappa shape index (κ1) is 7.54. The van der Waals surface area contributed by atoms with E-state index in [1.807, 2.05) is 0 Å². The third-order valence-corrected chi connectivity index (χ3v) is 2.46. The summed E-state index contributed by atoms with van der Waals surface area (Å²) < 4.78 is 4.61. The van der Waals surface area contributed by atoms with E-state index < -0.39 is 5.54 Å². The Hall–Kier alpha value is -1.10. The monoisotopic (exact) mass is 170 g/mol. The molecule has 5 nitrogen and oxygen atoms in total. The zero-order valence-corrected chi connectivity index (χ0v) is 6.72. The number of methoxy groups -OCH3 is 1. The molecule has 2 bridgehead atoms. The van der Waals surface area contributed by atoms with Crippen LogP contribution in [0.25, 0.3) is 0 Å². The average molecular weight is 170 g/mol.